The van der Waals surface area contributed by atoms with Gasteiger partial charge in [0.25, 0.3) is 10.0 Å². The quantitative estimate of drug-likeness (QED) is 0.374. The predicted octanol–water partition coefficient (Wildman–Crippen LogP) is 3.06. The van der Waals surface area contributed by atoms with Crippen LogP contribution in [0, 0.1) is 5.92 Å². The van der Waals surface area contributed by atoms with Crippen molar-refractivity contribution >= 4 is 38.3 Å². The van der Waals surface area contributed by atoms with E-state index in [9.17, 15) is 18.3 Å². The van der Waals surface area contributed by atoms with Gasteiger partial charge in [0.05, 0.1) is 11.5 Å². The van der Waals surface area contributed by atoms with Gasteiger partial charge in [-0.25, -0.2) is 23.1 Å². The number of sulfonamides is 1. The minimum absolute atomic E-state index is 0.00145. The molecule has 4 aromatic rings. The van der Waals surface area contributed by atoms with Crippen molar-refractivity contribution in [3.8, 4) is 0 Å². The zero-order valence-electron chi connectivity index (χ0n) is 17.9. The van der Waals surface area contributed by atoms with E-state index in [2.05, 4.69) is 25.0 Å². The molecule has 0 saturated heterocycles. The van der Waals surface area contributed by atoms with Crippen LogP contribution in [-0.2, 0) is 21.4 Å². The van der Waals surface area contributed by atoms with Gasteiger partial charge in [-0.3, -0.25) is 9.78 Å². The molecule has 0 bridgehead atoms. The highest BCUT2D eigenvalue weighted by atomic mass is 32.2. The summed E-state index contributed by atoms with van der Waals surface area (Å²) in [6.45, 7) is -0.133. The SMILES string of the molecule is O=C(Nc1ccc2cncc(CO)c2c1)[C@@H]1CC1c1ccc(S(=O)(=O)Nc2ncccn2)cc1. The number of nitrogens with one attached hydrogen (secondary N) is 2. The van der Waals surface area contributed by atoms with Gasteiger partial charge in [-0.05, 0) is 53.6 Å². The molecule has 2 heterocycles. The van der Waals surface area contributed by atoms with Gasteiger partial charge < -0.3 is 10.4 Å². The number of fused-ring (bicyclic) bond motifs is 1. The third-order valence-electron chi connectivity index (χ3n) is 5.82. The van der Waals surface area contributed by atoms with Crippen LogP contribution in [0.25, 0.3) is 10.8 Å². The van der Waals surface area contributed by atoms with Crippen LogP contribution in [0.15, 0.2) is 78.2 Å². The highest BCUT2D eigenvalue weighted by molar-refractivity contribution is 7.92. The van der Waals surface area contributed by atoms with Crippen molar-refractivity contribution in [1.29, 1.82) is 0 Å². The summed E-state index contributed by atoms with van der Waals surface area (Å²) in [4.78, 5) is 24.7. The molecule has 2 aromatic carbocycles. The number of rotatable bonds is 7. The third kappa shape index (κ3) is 4.45. The molecule has 9 nitrogen and oxygen atoms in total. The van der Waals surface area contributed by atoms with E-state index in [4.69, 9.17) is 0 Å². The van der Waals surface area contributed by atoms with Gasteiger partial charge >= 0.3 is 0 Å². The lowest BCUT2D eigenvalue weighted by atomic mass is 10.1. The Balaban J connectivity index is 1.25. The second-order valence-corrected chi connectivity index (χ2v) is 9.76. The number of anilines is 2. The Bertz CT molecular complexity index is 1460. The Morgan fingerprint density at radius 1 is 1.06 bits per heavy atom. The first-order chi connectivity index (χ1) is 16.4. The van der Waals surface area contributed by atoms with Gasteiger partial charge in [0.2, 0.25) is 11.9 Å². The molecule has 2 aromatic heterocycles. The average molecular weight is 476 g/mol. The molecule has 1 amide bonds. The van der Waals surface area contributed by atoms with Crippen molar-refractivity contribution in [3.05, 3.63) is 84.4 Å². The molecule has 0 aliphatic heterocycles. The lowest BCUT2D eigenvalue weighted by molar-refractivity contribution is -0.117. The van der Waals surface area contributed by atoms with Crippen LogP contribution in [0.5, 0.6) is 0 Å². The van der Waals surface area contributed by atoms with Crippen LogP contribution in [0.2, 0.25) is 0 Å². The van der Waals surface area contributed by atoms with Crippen LogP contribution in [0.3, 0.4) is 0 Å². The summed E-state index contributed by atoms with van der Waals surface area (Å²) < 4.78 is 27.4. The summed E-state index contributed by atoms with van der Waals surface area (Å²) in [5.74, 6) is -0.256. The van der Waals surface area contributed by atoms with Gasteiger partial charge in [-0.15, -0.1) is 0 Å². The molecular formula is C24H21N5O4S. The maximum absolute atomic E-state index is 12.8. The van der Waals surface area contributed by atoms with Gasteiger partial charge in [-0.1, -0.05) is 18.2 Å². The number of pyridine rings is 1. The van der Waals surface area contributed by atoms with Crippen LogP contribution in [0.4, 0.5) is 11.6 Å². The Morgan fingerprint density at radius 3 is 2.56 bits per heavy atom. The van der Waals surface area contributed by atoms with Gasteiger partial charge in [-0.2, -0.15) is 0 Å². The van der Waals surface area contributed by atoms with E-state index in [1.54, 1.807) is 30.6 Å². The van der Waals surface area contributed by atoms with E-state index < -0.39 is 10.0 Å². The molecule has 1 aliphatic carbocycles. The Morgan fingerprint density at radius 2 is 1.82 bits per heavy atom. The second kappa shape index (κ2) is 8.81. The number of benzene rings is 2. The smallest absolute Gasteiger partial charge is 0.264 e. The fourth-order valence-electron chi connectivity index (χ4n) is 3.94. The number of hydrogen-bond acceptors (Lipinski definition) is 7. The number of nitrogens with zero attached hydrogens (tertiary/aromatic N) is 3. The van der Waals surface area contributed by atoms with E-state index in [-0.39, 0.29) is 35.2 Å². The first-order valence-corrected chi connectivity index (χ1v) is 12.1. The fraction of sp³-hybridized carbons (Fsp3) is 0.167. The van der Waals surface area contributed by atoms with E-state index in [1.165, 1.54) is 24.5 Å². The van der Waals surface area contributed by atoms with Crippen molar-refractivity contribution < 1.29 is 18.3 Å². The first-order valence-electron chi connectivity index (χ1n) is 10.6. The van der Waals surface area contributed by atoms with E-state index >= 15 is 0 Å². The van der Waals surface area contributed by atoms with Crippen LogP contribution in [-0.4, -0.2) is 34.4 Å². The second-order valence-electron chi connectivity index (χ2n) is 8.08. The largest absolute Gasteiger partial charge is 0.392 e. The minimum Gasteiger partial charge on any atom is -0.392 e. The number of hydrogen-bond donors (Lipinski definition) is 3. The van der Waals surface area contributed by atoms with Crippen LogP contribution in [0.1, 0.15) is 23.5 Å². The first kappa shape index (κ1) is 21.9. The van der Waals surface area contributed by atoms with E-state index in [0.717, 1.165) is 16.3 Å². The van der Waals surface area contributed by atoms with Crippen molar-refractivity contribution in [2.24, 2.45) is 5.92 Å². The molecular weight excluding hydrogens is 454 g/mol. The standard InChI is InChI=1S/C24H21N5O4S/c30-14-17-13-25-12-16-2-5-18(10-20(16)17)28-23(31)22-11-21(22)15-3-6-19(7-4-15)34(32,33)29-24-26-8-1-9-27-24/h1-10,12-13,21-22,30H,11,14H2,(H,28,31)(H,26,27,29)/t21?,22-/m1/s1. The third-order valence-corrected chi connectivity index (χ3v) is 7.16. The Hall–Kier alpha value is -3.89. The highest BCUT2D eigenvalue weighted by Crippen LogP contribution is 2.48. The molecule has 10 heteroatoms. The molecule has 1 unspecified atom stereocenters. The molecule has 34 heavy (non-hydrogen) atoms. The molecule has 0 spiro atoms. The predicted molar refractivity (Wildman–Crippen MR) is 126 cm³/mol. The van der Waals surface area contributed by atoms with Crippen molar-refractivity contribution in [3.63, 3.8) is 0 Å². The number of aliphatic hydroxyl groups excluding tert-OH is 1. The zero-order valence-corrected chi connectivity index (χ0v) is 18.7. The van der Waals surface area contributed by atoms with Crippen molar-refractivity contribution in [2.75, 3.05) is 10.0 Å². The fourth-order valence-corrected chi connectivity index (χ4v) is 4.90. The van der Waals surface area contributed by atoms with Gasteiger partial charge in [0.1, 0.15) is 0 Å². The number of carbonyl (C=O) groups is 1. The lowest BCUT2D eigenvalue weighted by Crippen LogP contribution is -2.15. The summed E-state index contributed by atoms with van der Waals surface area (Å²) in [6, 6.07) is 13.6. The Labute approximate surface area is 196 Å². The molecule has 2 atom stereocenters. The zero-order chi connectivity index (χ0) is 23.7. The number of aliphatic hydroxyl groups is 1. The average Bonchev–Trinajstić information content (AvgIpc) is 3.65. The van der Waals surface area contributed by atoms with Gasteiger partial charge in [0.15, 0.2) is 0 Å². The molecule has 172 valence electrons. The van der Waals surface area contributed by atoms with E-state index in [1.807, 2.05) is 18.2 Å². The Kier molecular flexibility index (Phi) is 5.68. The molecule has 1 aliphatic rings. The number of amides is 1. The van der Waals surface area contributed by atoms with E-state index in [0.29, 0.717) is 17.7 Å². The molecule has 0 radical (unpaired) electrons. The summed E-state index contributed by atoms with van der Waals surface area (Å²) >= 11 is 0. The summed E-state index contributed by atoms with van der Waals surface area (Å²) in [5.41, 5.74) is 2.25. The molecule has 1 fully saturated rings. The van der Waals surface area contributed by atoms with Crippen LogP contribution < -0.4 is 10.0 Å². The van der Waals surface area contributed by atoms with Crippen molar-refractivity contribution in [2.45, 2.75) is 23.8 Å². The molecule has 3 N–H and O–H groups in total. The summed E-state index contributed by atoms with van der Waals surface area (Å²) in [6.07, 6.45) is 6.91. The maximum atomic E-state index is 12.8. The van der Waals surface area contributed by atoms with Crippen molar-refractivity contribution in [1.82, 2.24) is 15.0 Å². The molecule has 1 saturated carbocycles. The van der Waals surface area contributed by atoms with Gasteiger partial charge in [0, 0.05) is 47.3 Å². The number of aromatic nitrogens is 3. The maximum Gasteiger partial charge on any atom is 0.264 e. The minimum atomic E-state index is -3.81. The summed E-state index contributed by atoms with van der Waals surface area (Å²) in [5, 5.41) is 14.2. The highest BCUT2D eigenvalue weighted by Gasteiger charge is 2.44. The topological polar surface area (TPSA) is 134 Å². The number of carbonyl (C=O) groups excluding carboxylic acids is 1. The molecule has 5 rings (SSSR count). The van der Waals surface area contributed by atoms with Crippen LogP contribution >= 0.6 is 0 Å². The monoisotopic (exact) mass is 475 g/mol. The normalized spacial score (nSPS) is 17.3. The summed E-state index contributed by atoms with van der Waals surface area (Å²) in [7, 11) is -3.81. The lowest BCUT2D eigenvalue weighted by Gasteiger charge is -2.09.